The lowest BCUT2D eigenvalue weighted by atomic mass is 10.1. The lowest BCUT2D eigenvalue weighted by Crippen LogP contribution is -2.39. The smallest absolute Gasteiger partial charge is 0.296 e. The summed E-state index contributed by atoms with van der Waals surface area (Å²) in [5, 5.41) is 12.3. The van der Waals surface area contributed by atoms with E-state index < -0.39 is 41.3 Å². The number of anilines is 4. The number of imidazole rings is 1. The van der Waals surface area contributed by atoms with Crippen LogP contribution in [0.1, 0.15) is 28.2 Å². The van der Waals surface area contributed by atoms with E-state index in [0.29, 0.717) is 42.9 Å². The van der Waals surface area contributed by atoms with E-state index in [1.165, 1.54) is 16.7 Å². The summed E-state index contributed by atoms with van der Waals surface area (Å²) in [6, 6.07) is 12.6. The van der Waals surface area contributed by atoms with E-state index in [1.807, 2.05) is 4.90 Å². The van der Waals surface area contributed by atoms with E-state index in [9.17, 15) is 31.9 Å². The van der Waals surface area contributed by atoms with Crippen LogP contribution in [0, 0.1) is 24.4 Å². The van der Waals surface area contributed by atoms with Crippen LogP contribution in [-0.2, 0) is 23.8 Å². The molecule has 0 atom stereocenters. The number of hydrogen-bond donors (Lipinski definition) is 3. The number of nitrogens with one attached hydrogen (secondary N) is 2. The minimum absolute atomic E-state index is 0.0394. The number of morpholine rings is 1. The van der Waals surface area contributed by atoms with Crippen LogP contribution < -0.4 is 20.6 Å². The van der Waals surface area contributed by atoms with Gasteiger partial charge in [0.15, 0.2) is 17.5 Å². The molecule has 2 aromatic heterocycles. The first-order chi connectivity index (χ1) is 29.1. The maximum absolute atomic E-state index is 14.6. The van der Waals surface area contributed by atoms with Crippen molar-refractivity contribution in [3.8, 4) is 5.95 Å². The number of halogens is 5. The third-order valence-electron chi connectivity index (χ3n) is 9.00. The highest BCUT2D eigenvalue weighted by atomic mass is 19.3. The molecule has 1 aliphatic heterocycles. The molecule has 0 unspecified atom stereocenters. The minimum Gasteiger partial charge on any atom is -0.395 e. The monoisotopic (exact) mass is 845 g/mol. The molecule has 1 saturated heterocycles. The molecule has 60 heavy (non-hydrogen) atoms. The van der Waals surface area contributed by atoms with Crippen LogP contribution >= 0.6 is 0 Å². The fourth-order valence-electron chi connectivity index (χ4n) is 6.03. The number of benzene rings is 3. The molecule has 3 N–H and O–H groups in total. The van der Waals surface area contributed by atoms with E-state index in [2.05, 4.69) is 30.7 Å². The molecule has 0 spiro atoms. The highest BCUT2D eigenvalue weighted by Crippen LogP contribution is 2.30. The van der Waals surface area contributed by atoms with Crippen molar-refractivity contribution in [3.63, 3.8) is 0 Å². The summed E-state index contributed by atoms with van der Waals surface area (Å²) >= 11 is 0. The number of amides is 1. The molecule has 5 aromatic rings. The lowest BCUT2D eigenvalue weighted by Gasteiger charge is -2.28. The summed E-state index contributed by atoms with van der Waals surface area (Å²) in [6.45, 7) is 4.67. The molecule has 3 aromatic carbocycles. The number of aliphatic hydroxyl groups excluding tert-OH is 1. The summed E-state index contributed by atoms with van der Waals surface area (Å²) < 4.78 is 94.9. The molecule has 322 valence electrons. The predicted molar refractivity (Wildman–Crippen MR) is 208 cm³/mol. The number of rotatable bonds is 22. The van der Waals surface area contributed by atoms with Gasteiger partial charge in [-0.15, -0.1) is 0 Å². The number of hydroxylamine groups is 1. The van der Waals surface area contributed by atoms with Crippen LogP contribution in [-0.4, -0.2) is 128 Å². The van der Waals surface area contributed by atoms with Crippen molar-refractivity contribution in [3.05, 3.63) is 89.0 Å². The number of aryl methyl sites for hydroxylation is 1. The summed E-state index contributed by atoms with van der Waals surface area (Å²) in [6.07, 6.45) is -2.91. The molecule has 0 radical (unpaired) electrons. The Balaban J connectivity index is 0.928. The predicted octanol–water partition coefficient (Wildman–Crippen LogP) is 4.66. The number of alkyl halides is 2. The molecular weight excluding hydrogens is 801 g/mol. The van der Waals surface area contributed by atoms with E-state index in [0.717, 1.165) is 12.1 Å². The third kappa shape index (κ3) is 11.4. The Hall–Kier alpha value is -5.58. The topological polar surface area (TPSA) is 170 Å². The summed E-state index contributed by atoms with van der Waals surface area (Å²) in [5.41, 5.74) is 2.51. The first kappa shape index (κ1) is 44.0. The third-order valence-corrected chi connectivity index (χ3v) is 9.00. The van der Waals surface area contributed by atoms with Crippen LogP contribution in [0.15, 0.2) is 54.6 Å². The molecule has 3 heterocycles. The van der Waals surface area contributed by atoms with Gasteiger partial charge in [-0.25, -0.2) is 32.4 Å². The number of aliphatic hydroxyl groups is 1. The van der Waals surface area contributed by atoms with Gasteiger partial charge in [-0.1, -0.05) is 18.2 Å². The van der Waals surface area contributed by atoms with Crippen molar-refractivity contribution >= 4 is 40.2 Å². The molecule has 0 saturated carbocycles. The molecule has 6 rings (SSSR count). The maximum Gasteiger partial charge on any atom is 0.296 e. The van der Waals surface area contributed by atoms with E-state index in [-0.39, 0.29) is 95.0 Å². The Morgan fingerprint density at radius 3 is 2.27 bits per heavy atom. The lowest BCUT2D eigenvalue weighted by molar-refractivity contribution is -0.0197. The van der Waals surface area contributed by atoms with Crippen molar-refractivity contribution in [1.82, 2.24) is 30.0 Å². The zero-order valence-electron chi connectivity index (χ0n) is 32.6. The first-order valence-electron chi connectivity index (χ1n) is 19.0. The largest absolute Gasteiger partial charge is 0.395 e. The molecular formula is C39H44F5N9O7. The van der Waals surface area contributed by atoms with E-state index in [4.69, 9.17) is 23.8 Å². The molecule has 1 fully saturated rings. The number of hydrogen-bond acceptors (Lipinski definition) is 14. The maximum atomic E-state index is 14.6. The van der Waals surface area contributed by atoms with Crippen LogP contribution in [0.2, 0.25) is 0 Å². The summed E-state index contributed by atoms with van der Waals surface area (Å²) in [7, 11) is 0. The van der Waals surface area contributed by atoms with Crippen LogP contribution in [0.4, 0.5) is 45.2 Å². The van der Waals surface area contributed by atoms with Gasteiger partial charge in [-0.3, -0.25) is 14.2 Å². The standard InChI is InChI=1S/C39H44F5N9O7/c1-25-6-9-29(28(41)24-25)45-33-26(7-8-27(40)32(33)42)36(55)50-60-23-22-59-21-20-58-19-18-57-17-11-51(10-14-54)37-47-38(52-12-15-56-16-13-52)49-39(48-37)53-31-5-3-2-4-30(31)46-35(53)34(43)44/h2-9,24,34,45,54H,10-23H2,1H3,(H,50,55). The molecule has 0 aliphatic carbocycles. The average Bonchev–Trinajstić information content (AvgIpc) is 3.65. The Bertz CT molecular complexity index is 2200. The fourth-order valence-corrected chi connectivity index (χ4v) is 6.03. The number of aromatic nitrogens is 5. The van der Waals surface area contributed by atoms with Crippen molar-refractivity contribution in [2.45, 2.75) is 13.3 Å². The number of fused-ring (bicyclic) bond motifs is 1. The Labute approximate surface area is 341 Å². The van der Waals surface area contributed by atoms with Gasteiger partial charge in [-0.2, -0.15) is 15.0 Å². The normalized spacial score (nSPS) is 13.0. The molecule has 21 heteroatoms. The van der Waals surface area contributed by atoms with Crippen molar-refractivity contribution in [2.75, 3.05) is 107 Å². The number of carbonyl (C=O) groups excluding carboxylic acids is 1. The van der Waals surface area contributed by atoms with Gasteiger partial charge in [0, 0.05) is 26.2 Å². The van der Waals surface area contributed by atoms with Crippen LogP contribution in [0.3, 0.4) is 0 Å². The first-order valence-corrected chi connectivity index (χ1v) is 19.0. The second-order valence-corrected chi connectivity index (χ2v) is 13.1. The highest BCUT2D eigenvalue weighted by Gasteiger charge is 2.26. The average molecular weight is 846 g/mol. The second kappa shape index (κ2) is 21.6. The number of ether oxygens (including phenoxy) is 4. The Morgan fingerprint density at radius 1 is 0.850 bits per heavy atom. The van der Waals surface area contributed by atoms with Crippen molar-refractivity contribution in [1.29, 1.82) is 0 Å². The van der Waals surface area contributed by atoms with Crippen LogP contribution in [0.5, 0.6) is 0 Å². The second-order valence-electron chi connectivity index (χ2n) is 13.1. The van der Waals surface area contributed by atoms with Gasteiger partial charge < -0.3 is 39.2 Å². The molecule has 16 nitrogen and oxygen atoms in total. The van der Waals surface area contributed by atoms with Crippen molar-refractivity contribution in [2.24, 2.45) is 0 Å². The van der Waals surface area contributed by atoms with Gasteiger partial charge >= 0.3 is 0 Å². The SMILES string of the molecule is Cc1ccc(Nc2c(C(=O)NOCCOCCOCCOCCN(CCO)c3nc(N4CCOCC4)nc(-n4c(C(F)F)nc5ccccc54)n3)ccc(F)c2F)c(F)c1. The minimum atomic E-state index is -2.91. The Morgan fingerprint density at radius 2 is 1.55 bits per heavy atom. The summed E-state index contributed by atoms with van der Waals surface area (Å²) in [5.74, 6) is -4.31. The molecule has 0 bridgehead atoms. The van der Waals surface area contributed by atoms with Gasteiger partial charge in [0.25, 0.3) is 12.3 Å². The van der Waals surface area contributed by atoms with Crippen LogP contribution in [0.25, 0.3) is 17.0 Å². The highest BCUT2D eigenvalue weighted by molar-refractivity contribution is 6.00. The van der Waals surface area contributed by atoms with Gasteiger partial charge in [0.05, 0.1) is 94.0 Å². The Kier molecular flexibility index (Phi) is 15.8. The molecule has 1 aliphatic rings. The van der Waals surface area contributed by atoms with E-state index in [1.54, 1.807) is 42.2 Å². The van der Waals surface area contributed by atoms with Crippen molar-refractivity contribution < 1.29 is 55.6 Å². The van der Waals surface area contributed by atoms with E-state index >= 15 is 0 Å². The zero-order valence-corrected chi connectivity index (χ0v) is 32.6. The van der Waals surface area contributed by atoms with Gasteiger partial charge in [0.2, 0.25) is 17.8 Å². The van der Waals surface area contributed by atoms with Gasteiger partial charge in [0.1, 0.15) is 5.82 Å². The quantitative estimate of drug-likeness (QED) is 0.0499. The summed E-state index contributed by atoms with van der Waals surface area (Å²) in [4.78, 5) is 39.3. The molecule has 1 amide bonds. The number of nitrogens with zero attached hydrogens (tertiary/aromatic N) is 7. The van der Waals surface area contributed by atoms with Gasteiger partial charge in [-0.05, 0) is 48.9 Å². The number of carbonyl (C=O) groups is 1. The fraction of sp³-hybridized carbons (Fsp3) is 0.410. The number of para-hydroxylation sites is 2. The zero-order chi connectivity index (χ0) is 42.4.